The largest absolute Gasteiger partial charge is 0.496 e. The number of carbonyl (C=O) groups excluding carboxylic acids is 1. The van der Waals surface area contributed by atoms with Crippen LogP contribution in [0.15, 0.2) is 24.4 Å². The van der Waals surface area contributed by atoms with Crippen molar-refractivity contribution in [2.75, 3.05) is 7.11 Å². The number of carboxylic acid groups (broad SMARTS) is 1. The van der Waals surface area contributed by atoms with E-state index in [1.807, 2.05) is 13.0 Å². The first-order valence-corrected chi connectivity index (χ1v) is 5.50. The molecule has 0 fully saturated rings. The average molecular weight is 260 g/mol. The third-order valence-corrected chi connectivity index (χ3v) is 2.68. The van der Waals surface area contributed by atoms with E-state index in [9.17, 15) is 9.59 Å². The molecule has 6 nitrogen and oxygen atoms in total. The fourth-order valence-corrected chi connectivity index (χ4v) is 1.72. The summed E-state index contributed by atoms with van der Waals surface area (Å²) in [6.07, 6.45) is 1.21. The van der Waals surface area contributed by atoms with Crippen molar-refractivity contribution in [3.05, 3.63) is 35.7 Å². The first-order valence-electron chi connectivity index (χ1n) is 5.50. The van der Waals surface area contributed by atoms with Gasteiger partial charge in [0.15, 0.2) is 0 Å². The number of methoxy groups -OCH3 is 1. The van der Waals surface area contributed by atoms with Gasteiger partial charge in [-0.3, -0.25) is 4.79 Å². The Morgan fingerprint density at radius 3 is 2.68 bits per heavy atom. The SMILES string of the molecule is COc1ccc(-c2ncc(C(=O)C(=O)O)[nH]2)cc1C. The van der Waals surface area contributed by atoms with Gasteiger partial charge in [-0.05, 0) is 30.7 Å². The second-order valence-corrected chi connectivity index (χ2v) is 3.96. The molecule has 19 heavy (non-hydrogen) atoms. The van der Waals surface area contributed by atoms with Crippen molar-refractivity contribution in [1.82, 2.24) is 9.97 Å². The van der Waals surface area contributed by atoms with Crippen LogP contribution in [0.4, 0.5) is 0 Å². The maximum absolute atomic E-state index is 11.3. The zero-order valence-electron chi connectivity index (χ0n) is 10.4. The van der Waals surface area contributed by atoms with E-state index < -0.39 is 11.8 Å². The second kappa shape index (κ2) is 4.93. The fraction of sp³-hybridized carbons (Fsp3) is 0.154. The number of aryl methyl sites for hydroxylation is 1. The molecule has 1 heterocycles. The van der Waals surface area contributed by atoms with Crippen molar-refractivity contribution in [3.63, 3.8) is 0 Å². The lowest BCUT2D eigenvalue weighted by Crippen LogP contribution is -2.12. The number of benzene rings is 1. The molecule has 0 spiro atoms. The number of H-pyrrole nitrogens is 1. The van der Waals surface area contributed by atoms with Crippen LogP contribution in [0.2, 0.25) is 0 Å². The molecule has 0 aliphatic rings. The average Bonchev–Trinajstić information content (AvgIpc) is 2.87. The van der Waals surface area contributed by atoms with Gasteiger partial charge in [-0.2, -0.15) is 0 Å². The molecule has 0 aliphatic carbocycles. The van der Waals surface area contributed by atoms with E-state index in [1.54, 1.807) is 19.2 Å². The molecule has 2 aromatic rings. The van der Waals surface area contributed by atoms with Gasteiger partial charge in [0.1, 0.15) is 17.3 Å². The van der Waals surface area contributed by atoms with Crippen LogP contribution in [0.1, 0.15) is 16.1 Å². The number of rotatable bonds is 4. The molecular formula is C13H12N2O4. The number of hydrogen-bond donors (Lipinski definition) is 2. The van der Waals surface area contributed by atoms with Crippen molar-refractivity contribution in [3.8, 4) is 17.1 Å². The molecule has 0 amide bonds. The molecular weight excluding hydrogens is 248 g/mol. The summed E-state index contributed by atoms with van der Waals surface area (Å²) >= 11 is 0. The normalized spacial score (nSPS) is 10.2. The lowest BCUT2D eigenvalue weighted by molar-refractivity contribution is -0.131. The summed E-state index contributed by atoms with van der Waals surface area (Å²) in [6.45, 7) is 1.88. The minimum Gasteiger partial charge on any atom is -0.496 e. The van der Waals surface area contributed by atoms with Gasteiger partial charge in [0.05, 0.1) is 13.3 Å². The van der Waals surface area contributed by atoms with Gasteiger partial charge in [0, 0.05) is 5.56 Å². The predicted octanol–water partition coefficient (Wildman–Crippen LogP) is 1.66. The molecule has 0 unspecified atom stereocenters. The molecule has 1 aromatic heterocycles. The van der Waals surface area contributed by atoms with E-state index in [2.05, 4.69) is 9.97 Å². The molecule has 0 bridgehead atoms. The molecule has 0 saturated heterocycles. The second-order valence-electron chi connectivity index (χ2n) is 3.96. The van der Waals surface area contributed by atoms with E-state index in [0.717, 1.165) is 16.9 Å². The number of aromatic amines is 1. The van der Waals surface area contributed by atoms with Crippen LogP contribution in [-0.4, -0.2) is 33.9 Å². The topological polar surface area (TPSA) is 92.3 Å². The van der Waals surface area contributed by atoms with Gasteiger partial charge in [-0.1, -0.05) is 0 Å². The third kappa shape index (κ3) is 2.47. The van der Waals surface area contributed by atoms with Gasteiger partial charge < -0.3 is 14.8 Å². The lowest BCUT2D eigenvalue weighted by Gasteiger charge is -2.05. The Morgan fingerprint density at radius 1 is 1.37 bits per heavy atom. The Morgan fingerprint density at radius 2 is 2.11 bits per heavy atom. The van der Waals surface area contributed by atoms with Crippen LogP contribution in [0.3, 0.4) is 0 Å². The van der Waals surface area contributed by atoms with E-state index in [4.69, 9.17) is 9.84 Å². The maximum atomic E-state index is 11.3. The highest BCUT2D eigenvalue weighted by atomic mass is 16.5. The summed E-state index contributed by atoms with van der Waals surface area (Å²) in [5, 5.41) is 8.61. The number of ether oxygens (including phenoxy) is 1. The number of Topliss-reactive ketones (excluding diaryl/α,β-unsaturated/α-hetero) is 1. The minimum absolute atomic E-state index is 0.0454. The summed E-state index contributed by atoms with van der Waals surface area (Å²) in [5.41, 5.74) is 1.63. The highest BCUT2D eigenvalue weighted by Gasteiger charge is 2.17. The number of hydrogen-bond acceptors (Lipinski definition) is 4. The van der Waals surface area contributed by atoms with Crippen molar-refractivity contribution in [2.24, 2.45) is 0 Å². The van der Waals surface area contributed by atoms with Gasteiger partial charge in [0.2, 0.25) is 0 Å². The highest BCUT2D eigenvalue weighted by molar-refractivity contribution is 6.39. The van der Waals surface area contributed by atoms with Crippen LogP contribution in [-0.2, 0) is 4.79 Å². The van der Waals surface area contributed by atoms with Gasteiger partial charge >= 0.3 is 5.97 Å². The molecule has 0 saturated carbocycles. The van der Waals surface area contributed by atoms with Crippen LogP contribution in [0.5, 0.6) is 5.75 Å². The zero-order chi connectivity index (χ0) is 14.0. The van der Waals surface area contributed by atoms with E-state index >= 15 is 0 Å². The molecule has 1 aromatic carbocycles. The number of ketones is 1. The molecule has 6 heteroatoms. The standard InChI is InChI=1S/C13H12N2O4/c1-7-5-8(3-4-10(7)19-2)12-14-6-9(15-12)11(16)13(17)18/h3-6H,1-2H3,(H,14,15)(H,17,18). The van der Waals surface area contributed by atoms with Crippen LogP contribution in [0.25, 0.3) is 11.4 Å². The monoisotopic (exact) mass is 260 g/mol. The summed E-state index contributed by atoms with van der Waals surface area (Å²) in [7, 11) is 1.58. The Bertz CT molecular complexity index is 646. The summed E-state index contributed by atoms with van der Waals surface area (Å²) in [6, 6.07) is 5.40. The number of imidazole rings is 1. The smallest absolute Gasteiger partial charge is 0.378 e. The van der Waals surface area contributed by atoms with Gasteiger partial charge in [-0.25, -0.2) is 9.78 Å². The molecule has 2 rings (SSSR count). The number of carbonyl (C=O) groups is 2. The minimum atomic E-state index is -1.51. The number of nitrogens with zero attached hydrogens (tertiary/aromatic N) is 1. The first-order chi connectivity index (χ1) is 9.02. The number of nitrogens with one attached hydrogen (secondary N) is 1. The highest BCUT2D eigenvalue weighted by Crippen LogP contribution is 2.24. The number of aliphatic carboxylic acids is 1. The summed E-state index contributed by atoms with van der Waals surface area (Å²) in [4.78, 5) is 28.5. The lowest BCUT2D eigenvalue weighted by atomic mass is 10.1. The van der Waals surface area contributed by atoms with Crippen molar-refractivity contribution >= 4 is 11.8 Å². The predicted molar refractivity (Wildman–Crippen MR) is 67.3 cm³/mol. The zero-order valence-corrected chi connectivity index (χ0v) is 10.4. The van der Waals surface area contributed by atoms with Crippen LogP contribution >= 0.6 is 0 Å². The Labute approximate surface area is 109 Å². The number of aromatic nitrogens is 2. The van der Waals surface area contributed by atoms with E-state index in [0.29, 0.717) is 5.82 Å². The van der Waals surface area contributed by atoms with Crippen LogP contribution in [0, 0.1) is 6.92 Å². The van der Waals surface area contributed by atoms with Gasteiger partial charge in [-0.15, -0.1) is 0 Å². The third-order valence-electron chi connectivity index (χ3n) is 2.68. The Hall–Kier alpha value is -2.63. The van der Waals surface area contributed by atoms with Crippen molar-refractivity contribution < 1.29 is 19.4 Å². The first kappa shape index (κ1) is 12.8. The Kier molecular flexibility index (Phi) is 3.33. The van der Waals surface area contributed by atoms with Crippen LogP contribution < -0.4 is 4.74 Å². The van der Waals surface area contributed by atoms with E-state index in [1.165, 1.54) is 6.20 Å². The van der Waals surface area contributed by atoms with Crippen molar-refractivity contribution in [1.29, 1.82) is 0 Å². The maximum Gasteiger partial charge on any atom is 0.378 e. The van der Waals surface area contributed by atoms with E-state index in [-0.39, 0.29) is 5.69 Å². The molecule has 2 N–H and O–H groups in total. The molecule has 0 radical (unpaired) electrons. The molecule has 98 valence electrons. The molecule has 0 atom stereocenters. The molecule has 0 aliphatic heterocycles. The number of carboxylic acids is 1. The summed E-state index contributed by atoms with van der Waals surface area (Å²) < 4.78 is 5.15. The Balaban J connectivity index is 2.35. The summed E-state index contributed by atoms with van der Waals surface area (Å²) in [5.74, 6) is -1.34. The fourth-order valence-electron chi connectivity index (χ4n) is 1.72. The van der Waals surface area contributed by atoms with Crippen molar-refractivity contribution in [2.45, 2.75) is 6.92 Å². The van der Waals surface area contributed by atoms with Gasteiger partial charge in [0.25, 0.3) is 5.78 Å². The quantitative estimate of drug-likeness (QED) is 0.644.